The van der Waals surface area contributed by atoms with E-state index in [4.69, 9.17) is 32.1 Å². The van der Waals surface area contributed by atoms with Gasteiger partial charge in [-0.2, -0.15) is 8.42 Å². The number of thioether (sulfide) groups is 1. The summed E-state index contributed by atoms with van der Waals surface area (Å²) in [7, 11) is -5.09. The molecule has 0 spiro atoms. The first-order valence-electron chi connectivity index (χ1n) is 10.5. The van der Waals surface area contributed by atoms with Gasteiger partial charge in [0.05, 0.1) is 35.5 Å². The van der Waals surface area contributed by atoms with Gasteiger partial charge in [0.1, 0.15) is 23.3 Å². The van der Waals surface area contributed by atoms with Crippen LogP contribution >= 0.6 is 35.0 Å². The van der Waals surface area contributed by atoms with Crippen LogP contribution in [-0.2, 0) is 25.9 Å². The van der Waals surface area contributed by atoms with Gasteiger partial charge in [-0.15, -0.1) is 5.10 Å². The minimum absolute atomic E-state index is 0.0970. The molecule has 3 N–H and O–H groups in total. The molecule has 0 saturated heterocycles. The van der Waals surface area contributed by atoms with Gasteiger partial charge < -0.3 is 14.9 Å². The van der Waals surface area contributed by atoms with Crippen LogP contribution in [0.3, 0.4) is 0 Å². The zero-order valence-electron chi connectivity index (χ0n) is 19.2. The summed E-state index contributed by atoms with van der Waals surface area (Å²) in [6.07, 6.45) is -2.83. The summed E-state index contributed by atoms with van der Waals surface area (Å²) in [4.78, 5) is 0.409. The highest BCUT2D eigenvalue weighted by atomic mass is 35.5. The number of ether oxygens (including phenoxy) is 1. The summed E-state index contributed by atoms with van der Waals surface area (Å²) in [5, 5.41) is 27.5. The highest BCUT2D eigenvalue weighted by Gasteiger charge is 2.33. The van der Waals surface area contributed by atoms with Gasteiger partial charge in [-0.25, -0.2) is 22.0 Å². The Morgan fingerprint density at radius 1 is 1.11 bits per heavy atom. The minimum Gasteiger partial charge on any atom is -0.394 e. The average molecular weight is 618 g/mol. The number of rotatable bonds is 12. The van der Waals surface area contributed by atoms with Crippen molar-refractivity contribution < 1.29 is 45.3 Å². The number of hydrogen-bond acceptors (Lipinski definition) is 9. The van der Waals surface area contributed by atoms with Crippen LogP contribution in [0.4, 0.5) is 13.2 Å². The first-order chi connectivity index (χ1) is 17.8. The number of nitrogens with zero attached hydrogens (tertiary/aromatic N) is 3. The number of aliphatic hydroxyl groups is 2. The molecule has 0 saturated carbocycles. The molecule has 0 amide bonds. The topological polar surface area (TPSA) is 144 Å². The standard InChI is InChI=1S/C21H20Cl2F3N3O7S2/c1-10(31)19(9-30)35-21(37-12-2-3-13(22)14(23)6-12)18(36-38(32,33)34)8-29-7-17(27-28-29)11-4-15(24)20(26)16(25)5-11/h2-7,10,18-19,21,30-31H,8-9H2,1H3,(H,32,33,34)/t10-,18+,19?,21?/m1/s1. The summed E-state index contributed by atoms with van der Waals surface area (Å²) in [6.45, 7) is 0.185. The Labute approximate surface area is 229 Å². The fourth-order valence-corrected chi connectivity index (χ4v) is 5.08. The van der Waals surface area contributed by atoms with Crippen LogP contribution in [0.15, 0.2) is 41.4 Å². The molecule has 3 aromatic rings. The smallest absolute Gasteiger partial charge is 0.394 e. The lowest BCUT2D eigenvalue weighted by Gasteiger charge is -2.30. The van der Waals surface area contributed by atoms with Crippen LogP contribution in [-0.4, -0.2) is 68.5 Å². The Morgan fingerprint density at radius 2 is 1.76 bits per heavy atom. The van der Waals surface area contributed by atoms with E-state index >= 15 is 0 Å². The molecule has 0 aliphatic rings. The summed E-state index contributed by atoms with van der Waals surface area (Å²) >= 11 is 12.9. The molecule has 208 valence electrons. The molecule has 0 fully saturated rings. The van der Waals surface area contributed by atoms with Crippen LogP contribution in [0.2, 0.25) is 10.0 Å². The predicted molar refractivity (Wildman–Crippen MR) is 132 cm³/mol. The molecule has 0 aliphatic heterocycles. The Hall–Kier alpha value is -1.95. The van der Waals surface area contributed by atoms with Crippen molar-refractivity contribution in [2.45, 2.75) is 42.1 Å². The van der Waals surface area contributed by atoms with E-state index in [-0.39, 0.29) is 21.3 Å². The van der Waals surface area contributed by atoms with E-state index < -0.39 is 64.8 Å². The Bertz CT molecular complexity index is 1360. The Balaban J connectivity index is 1.97. The third-order valence-corrected chi connectivity index (χ3v) is 7.31. The molecule has 2 aromatic carbocycles. The molecule has 0 aliphatic carbocycles. The molecule has 1 aromatic heterocycles. The fraction of sp³-hybridized carbons (Fsp3) is 0.333. The van der Waals surface area contributed by atoms with Crippen molar-refractivity contribution in [3.63, 3.8) is 0 Å². The van der Waals surface area contributed by atoms with Gasteiger partial charge in [0.2, 0.25) is 0 Å². The van der Waals surface area contributed by atoms with Crippen molar-refractivity contribution in [1.82, 2.24) is 15.0 Å². The Kier molecular flexibility index (Phi) is 10.4. The molecule has 0 radical (unpaired) electrons. The first-order valence-corrected chi connectivity index (χ1v) is 13.5. The summed E-state index contributed by atoms with van der Waals surface area (Å²) in [5.41, 5.74) is -1.60. The van der Waals surface area contributed by atoms with E-state index in [1.165, 1.54) is 25.1 Å². The number of aliphatic hydroxyl groups excluding tert-OH is 2. The Morgan fingerprint density at radius 3 is 2.32 bits per heavy atom. The van der Waals surface area contributed by atoms with Crippen molar-refractivity contribution in [3.8, 4) is 11.3 Å². The SMILES string of the molecule is C[C@@H](O)C(CO)OC(Sc1ccc(Cl)c(Cl)c1)[C@H](Cn1cc(-c2cc(F)c(F)c(F)c2)nn1)OS(=O)(=O)O. The fourth-order valence-electron chi connectivity index (χ4n) is 3.08. The second-order valence-corrected chi connectivity index (χ2v) is 10.8. The molecule has 1 heterocycles. The van der Waals surface area contributed by atoms with E-state index in [0.717, 1.165) is 22.6 Å². The maximum absolute atomic E-state index is 13.7. The zero-order chi connectivity index (χ0) is 28.2. The van der Waals surface area contributed by atoms with E-state index in [1.807, 2.05) is 0 Å². The number of hydrogen-bond donors (Lipinski definition) is 3. The third kappa shape index (κ3) is 8.27. The number of aromatic nitrogens is 3. The highest BCUT2D eigenvalue weighted by molar-refractivity contribution is 7.99. The molecule has 3 rings (SSSR count). The largest absolute Gasteiger partial charge is 0.397 e. The van der Waals surface area contributed by atoms with Gasteiger partial charge in [0.25, 0.3) is 0 Å². The molecule has 17 heteroatoms. The van der Waals surface area contributed by atoms with Crippen LogP contribution in [0.1, 0.15) is 6.92 Å². The normalized spacial score (nSPS) is 15.3. The van der Waals surface area contributed by atoms with Gasteiger partial charge in [0.15, 0.2) is 17.5 Å². The monoisotopic (exact) mass is 617 g/mol. The van der Waals surface area contributed by atoms with Gasteiger partial charge in [-0.3, -0.25) is 4.55 Å². The summed E-state index contributed by atoms with van der Waals surface area (Å²) < 4.78 is 85.0. The quantitative estimate of drug-likeness (QED) is 0.119. The van der Waals surface area contributed by atoms with Crippen molar-refractivity contribution >= 4 is 45.4 Å². The van der Waals surface area contributed by atoms with E-state index in [1.54, 1.807) is 0 Å². The van der Waals surface area contributed by atoms with Gasteiger partial charge in [-0.1, -0.05) is 40.2 Å². The maximum atomic E-state index is 13.7. The lowest BCUT2D eigenvalue weighted by Crippen LogP contribution is -2.41. The van der Waals surface area contributed by atoms with Gasteiger partial charge >= 0.3 is 10.4 Å². The molecular formula is C21H20Cl2F3N3O7S2. The highest BCUT2D eigenvalue weighted by Crippen LogP contribution is 2.34. The lowest BCUT2D eigenvalue weighted by atomic mass is 10.1. The van der Waals surface area contributed by atoms with Gasteiger partial charge in [0, 0.05) is 10.5 Å². The number of benzene rings is 2. The molecule has 38 heavy (non-hydrogen) atoms. The van der Waals surface area contributed by atoms with Crippen LogP contribution in [0.5, 0.6) is 0 Å². The molecular weight excluding hydrogens is 598 g/mol. The van der Waals surface area contributed by atoms with Crippen LogP contribution in [0, 0.1) is 17.5 Å². The molecule has 10 nitrogen and oxygen atoms in total. The van der Waals surface area contributed by atoms with Crippen LogP contribution in [0.25, 0.3) is 11.3 Å². The average Bonchev–Trinajstić information content (AvgIpc) is 3.29. The van der Waals surface area contributed by atoms with E-state index in [2.05, 4.69) is 10.3 Å². The third-order valence-electron chi connectivity index (χ3n) is 4.90. The van der Waals surface area contributed by atoms with E-state index in [9.17, 15) is 36.4 Å². The molecule has 2 unspecified atom stereocenters. The van der Waals surface area contributed by atoms with Crippen molar-refractivity contribution in [1.29, 1.82) is 0 Å². The first kappa shape index (κ1) is 30.6. The van der Waals surface area contributed by atoms with Crippen molar-refractivity contribution in [2.24, 2.45) is 0 Å². The zero-order valence-corrected chi connectivity index (χ0v) is 22.4. The molecule has 4 atom stereocenters. The summed E-state index contributed by atoms with van der Waals surface area (Å²) in [5.74, 6) is -4.58. The lowest BCUT2D eigenvalue weighted by molar-refractivity contribution is -0.0928. The van der Waals surface area contributed by atoms with Crippen LogP contribution < -0.4 is 0 Å². The van der Waals surface area contributed by atoms with Crippen molar-refractivity contribution in [2.75, 3.05) is 6.61 Å². The second kappa shape index (κ2) is 12.9. The minimum atomic E-state index is -5.09. The number of halogens is 5. The van der Waals surface area contributed by atoms with E-state index in [0.29, 0.717) is 17.0 Å². The molecule has 0 bridgehead atoms. The summed E-state index contributed by atoms with van der Waals surface area (Å²) in [6, 6.07) is 5.82. The second-order valence-electron chi connectivity index (χ2n) is 7.80. The van der Waals surface area contributed by atoms with Gasteiger partial charge in [-0.05, 0) is 37.3 Å². The van der Waals surface area contributed by atoms with Crippen molar-refractivity contribution in [3.05, 3.63) is 64.0 Å². The maximum Gasteiger partial charge on any atom is 0.397 e. The predicted octanol–water partition coefficient (Wildman–Crippen LogP) is 3.73.